The van der Waals surface area contributed by atoms with Gasteiger partial charge >= 0.3 is 6.09 Å². The van der Waals surface area contributed by atoms with Crippen LogP contribution in [0.3, 0.4) is 0 Å². The Kier molecular flexibility index (Phi) is 6.33. The molecular weight excluding hydrogens is 392 g/mol. The Labute approximate surface area is 176 Å². The molecule has 1 aliphatic heterocycles. The summed E-state index contributed by atoms with van der Waals surface area (Å²) < 4.78 is 16.8. The summed E-state index contributed by atoms with van der Waals surface area (Å²) in [6, 6.07) is 9.11. The van der Waals surface area contributed by atoms with E-state index in [4.69, 9.17) is 25.8 Å². The van der Waals surface area contributed by atoms with Gasteiger partial charge in [0.2, 0.25) is 5.88 Å². The van der Waals surface area contributed by atoms with Crippen molar-refractivity contribution in [1.82, 2.24) is 9.88 Å². The first-order valence-corrected chi connectivity index (χ1v) is 9.79. The number of carbonyl (C=O) groups excluding carboxylic acids is 1. The normalized spacial score (nSPS) is 14.2. The summed E-state index contributed by atoms with van der Waals surface area (Å²) in [7, 11) is 1.56. The summed E-state index contributed by atoms with van der Waals surface area (Å²) >= 11 is 6.30. The molecule has 1 aliphatic rings. The van der Waals surface area contributed by atoms with Gasteiger partial charge in [-0.2, -0.15) is 0 Å². The number of methoxy groups -OCH3 is 1. The maximum absolute atomic E-state index is 12.3. The van der Waals surface area contributed by atoms with E-state index in [0.717, 1.165) is 11.1 Å². The van der Waals surface area contributed by atoms with E-state index in [-0.39, 0.29) is 6.09 Å². The highest BCUT2D eigenvalue weighted by molar-refractivity contribution is 6.32. The molecule has 0 radical (unpaired) electrons. The first-order valence-electron chi connectivity index (χ1n) is 9.41. The van der Waals surface area contributed by atoms with Crippen LogP contribution < -0.4 is 9.47 Å². The van der Waals surface area contributed by atoms with Gasteiger partial charge in [-0.15, -0.1) is 0 Å². The summed E-state index contributed by atoms with van der Waals surface area (Å²) in [5.41, 5.74) is 1.40. The lowest BCUT2D eigenvalue weighted by Crippen LogP contribution is -2.39. The second-order valence-electron chi connectivity index (χ2n) is 7.64. The molecule has 7 heteroatoms. The van der Waals surface area contributed by atoms with Crippen molar-refractivity contribution in [3.8, 4) is 17.4 Å². The van der Waals surface area contributed by atoms with Crippen molar-refractivity contribution in [2.45, 2.75) is 32.8 Å². The number of hydrogen-bond acceptors (Lipinski definition) is 5. The Morgan fingerprint density at radius 1 is 1.21 bits per heavy atom. The van der Waals surface area contributed by atoms with Crippen molar-refractivity contribution in [3.63, 3.8) is 0 Å². The first kappa shape index (κ1) is 21.0. The van der Waals surface area contributed by atoms with Gasteiger partial charge in [-0.25, -0.2) is 9.78 Å². The molecule has 0 aliphatic carbocycles. The van der Waals surface area contributed by atoms with Gasteiger partial charge < -0.3 is 19.1 Å². The molecule has 6 nitrogen and oxygen atoms in total. The third-order valence-corrected chi connectivity index (χ3v) is 4.63. The number of halogens is 1. The van der Waals surface area contributed by atoms with E-state index in [9.17, 15) is 4.79 Å². The van der Waals surface area contributed by atoms with Crippen LogP contribution >= 0.6 is 11.6 Å². The minimum absolute atomic E-state index is 0.309. The van der Waals surface area contributed by atoms with Crippen LogP contribution in [0.5, 0.6) is 17.4 Å². The fourth-order valence-corrected chi connectivity index (χ4v) is 3.17. The third-order valence-electron chi connectivity index (χ3n) is 4.33. The Morgan fingerprint density at radius 2 is 2.00 bits per heavy atom. The largest absolute Gasteiger partial charge is 0.493 e. The maximum Gasteiger partial charge on any atom is 0.410 e. The van der Waals surface area contributed by atoms with Gasteiger partial charge in [-0.05, 0) is 57.0 Å². The lowest BCUT2D eigenvalue weighted by molar-refractivity contribution is 0.0270. The number of ether oxygens (including phenoxy) is 3. The average molecular weight is 417 g/mol. The molecule has 0 saturated heterocycles. The van der Waals surface area contributed by atoms with Crippen LogP contribution in [0.15, 0.2) is 42.6 Å². The van der Waals surface area contributed by atoms with Crippen LogP contribution in [0.2, 0.25) is 5.02 Å². The average Bonchev–Trinajstić information content (AvgIpc) is 2.69. The van der Waals surface area contributed by atoms with E-state index < -0.39 is 5.60 Å². The lowest BCUT2D eigenvalue weighted by atomic mass is 10.0. The zero-order valence-corrected chi connectivity index (χ0v) is 17.8. The molecule has 0 unspecified atom stereocenters. The number of pyridine rings is 1. The van der Waals surface area contributed by atoms with Gasteiger partial charge in [0, 0.05) is 24.8 Å². The van der Waals surface area contributed by atoms with Crippen LogP contribution in [-0.4, -0.2) is 41.8 Å². The molecule has 0 N–H and O–H groups in total. The number of benzene rings is 1. The van der Waals surface area contributed by atoms with Crippen molar-refractivity contribution < 1.29 is 19.0 Å². The van der Waals surface area contributed by atoms with Gasteiger partial charge in [0.25, 0.3) is 0 Å². The number of hydrogen-bond donors (Lipinski definition) is 0. The van der Waals surface area contributed by atoms with Crippen LogP contribution in [0.1, 0.15) is 32.8 Å². The van der Waals surface area contributed by atoms with Crippen molar-refractivity contribution in [1.29, 1.82) is 0 Å². The van der Waals surface area contributed by atoms with Crippen molar-refractivity contribution in [2.75, 3.05) is 20.2 Å². The quantitative estimate of drug-likeness (QED) is 0.652. The van der Waals surface area contributed by atoms with Gasteiger partial charge in [0.15, 0.2) is 11.5 Å². The monoisotopic (exact) mass is 416 g/mol. The number of amides is 1. The minimum atomic E-state index is -0.514. The number of para-hydroxylation sites is 1. The Morgan fingerprint density at radius 3 is 2.66 bits per heavy atom. The molecule has 0 atom stereocenters. The number of nitrogens with zero attached hydrogens (tertiary/aromatic N) is 2. The summed E-state index contributed by atoms with van der Waals surface area (Å²) in [6.07, 6.45) is 4.02. The molecule has 2 heterocycles. The molecule has 29 heavy (non-hydrogen) atoms. The fourth-order valence-electron chi connectivity index (χ4n) is 2.97. The molecule has 0 bridgehead atoms. The molecule has 2 aromatic rings. The SMILES string of the molecule is COc1cccc(Cl)c1Oc1ncccc1C1=CCN(C(=O)OC(C)(C)C)CC1. The van der Waals surface area contributed by atoms with Crippen LogP contribution in [0.25, 0.3) is 5.57 Å². The van der Waals surface area contributed by atoms with Gasteiger partial charge in [-0.1, -0.05) is 23.7 Å². The zero-order chi connectivity index (χ0) is 21.0. The minimum Gasteiger partial charge on any atom is -0.493 e. The summed E-state index contributed by atoms with van der Waals surface area (Å²) in [4.78, 5) is 18.4. The summed E-state index contributed by atoms with van der Waals surface area (Å²) in [6.45, 7) is 6.60. The zero-order valence-electron chi connectivity index (χ0n) is 17.1. The predicted molar refractivity (Wildman–Crippen MR) is 113 cm³/mol. The molecule has 154 valence electrons. The lowest BCUT2D eigenvalue weighted by Gasteiger charge is -2.29. The molecule has 0 spiro atoms. The highest BCUT2D eigenvalue weighted by Crippen LogP contribution is 2.40. The smallest absolute Gasteiger partial charge is 0.410 e. The van der Waals surface area contributed by atoms with Gasteiger partial charge in [-0.3, -0.25) is 0 Å². The van der Waals surface area contributed by atoms with E-state index in [2.05, 4.69) is 4.98 Å². The molecule has 0 saturated carbocycles. The highest BCUT2D eigenvalue weighted by atomic mass is 35.5. The third kappa shape index (κ3) is 5.21. The van der Waals surface area contributed by atoms with E-state index >= 15 is 0 Å². The molecular formula is C22H25ClN2O4. The van der Waals surface area contributed by atoms with E-state index in [1.54, 1.807) is 36.4 Å². The van der Waals surface area contributed by atoms with E-state index in [1.165, 1.54) is 0 Å². The number of rotatable bonds is 4. The van der Waals surface area contributed by atoms with Gasteiger partial charge in [0.1, 0.15) is 5.60 Å². The highest BCUT2D eigenvalue weighted by Gasteiger charge is 2.25. The van der Waals surface area contributed by atoms with Crippen LogP contribution in [0.4, 0.5) is 4.79 Å². The first-order chi connectivity index (χ1) is 13.8. The van der Waals surface area contributed by atoms with E-state index in [0.29, 0.717) is 41.9 Å². The predicted octanol–water partition coefficient (Wildman–Crippen LogP) is 5.56. The molecule has 1 aromatic carbocycles. The Hall–Kier alpha value is -2.73. The topological polar surface area (TPSA) is 60.9 Å². The Bertz CT molecular complexity index is 921. The number of carbonyl (C=O) groups is 1. The van der Waals surface area contributed by atoms with Crippen molar-refractivity contribution >= 4 is 23.3 Å². The molecule has 0 fully saturated rings. The van der Waals surface area contributed by atoms with Crippen molar-refractivity contribution in [3.05, 3.63) is 53.2 Å². The fraction of sp³-hybridized carbons (Fsp3) is 0.364. The molecule has 1 aromatic heterocycles. The second kappa shape index (κ2) is 8.74. The maximum atomic E-state index is 12.3. The number of aromatic nitrogens is 1. The van der Waals surface area contributed by atoms with Crippen molar-refractivity contribution in [2.24, 2.45) is 0 Å². The Balaban J connectivity index is 1.81. The standard InChI is InChI=1S/C22H25ClN2O4/c1-22(2,3)29-21(26)25-13-10-15(11-14-25)16-7-6-12-24-20(16)28-19-17(23)8-5-9-18(19)27-4/h5-10,12H,11,13-14H2,1-4H3. The van der Waals surface area contributed by atoms with E-state index in [1.807, 2.05) is 39.0 Å². The molecule has 1 amide bonds. The summed E-state index contributed by atoms with van der Waals surface area (Å²) in [5, 5.41) is 0.440. The van der Waals surface area contributed by atoms with Crippen LogP contribution in [0, 0.1) is 0 Å². The molecule has 3 rings (SSSR count). The summed E-state index contributed by atoms with van der Waals surface area (Å²) in [5.74, 6) is 1.39. The van der Waals surface area contributed by atoms with Crippen LogP contribution in [-0.2, 0) is 4.74 Å². The second-order valence-corrected chi connectivity index (χ2v) is 8.04. The van der Waals surface area contributed by atoms with Gasteiger partial charge in [0.05, 0.1) is 12.1 Å².